The van der Waals surface area contributed by atoms with Gasteiger partial charge in [0.2, 0.25) is 0 Å². The largest absolute Gasteiger partial charge is 0.398 e. The predicted octanol–water partition coefficient (Wildman–Crippen LogP) is 1.23. The summed E-state index contributed by atoms with van der Waals surface area (Å²) in [5.41, 5.74) is 1.14. The van der Waals surface area contributed by atoms with Gasteiger partial charge in [0.25, 0.3) is 0 Å². The van der Waals surface area contributed by atoms with E-state index in [2.05, 4.69) is 9.99 Å². The van der Waals surface area contributed by atoms with Gasteiger partial charge in [-0.05, 0) is 19.1 Å². The second kappa shape index (κ2) is 3.06. The van der Waals surface area contributed by atoms with Crippen LogP contribution in [-0.4, -0.2) is 18.0 Å². The molecule has 1 rings (SSSR count). The van der Waals surface area contributed by atoms with Crippen LogP contribution < -0.4 is 0 Å². The van der Waals surface area contributed by atoms with Crippen molar-refractivity contribution in [3.63, 3.8) is 0 Å². The summed E-state index contributed by atoms with van der Waals surface area (Å²) in [6, 6.07) is 3.96. The van der Waals surface area contributed by atoms with Crippen LogP contribution in [-0.2, 0) is 4.84 Å². The summed E-state index contributed by atoms with van der Waals surface area (Å²) in [5.74, 6) is 0. The van der Waals surface area contributed by atoms with Crippen molar-refractivity contribution in [1.82, 2.24) is 4.57 Å². The van der Waals surface area contributed by atoms with Gasteiger partial charge in [-0.3, -0.25) is 0 Å². The molecule has 0 amide bonds. The first-order valence-electron chi connectivity index (χ1n) is 3.04. The van der Waals surface area contributed by atoms with Gasteiger partial charge in [0.1, 0.15) is 13.4 Å². The lowest BCUT2D eigenvalue weighted by molar-refractivity contribution is 0.214. The SMILES string of the molecule is CON=Cn1cccc1C. The zero-order valence-corrected chi connectivity index (χ0v) is 6.11. The molecular formula is C7H10N2O. The molecule has 10 heavy (non-hydrogen) atoms. The Bertz CT molecular complexity index is 227. The van der Waals surface area contributed by atoms with E-state index in [4.69, 9.17) is 0 Å². The van der Waals surface area contributed by atoms with Crippen molar-refractivity contribution < 1.29 is 4.84 Å². The van der Waals surface area contributed by atoms with E-state index < -0.39 is 0 Å². The highest BCUT2D eigenvalue weighted by atomic mass is 16.6. The molecule has 0 saturated carbocycles. The molecule has 0 aliphatic carbocycles. The van der Waals surface area contributed by atoms with Crippen LogP contribution in [0.5, 0.6) is 0 Å². The van der Waals surface area contributed by atoms with Crippen molar-refractivity contribution in [2.75, 3.05) is 7.11 Å². The molecule has 0 atom stereocenters. The molecule has 54 valence electrons. The Morgan fingerprint density at radius 1 is 1.70 bits per heavy atom. The van der Waals surface area contributed by atoms with Gasteiger partial charge < -0.3 is 9.40 Å². The van der Waals surface area contributed by atoms with E-state index in [0.29, 0.717) is 0 Å². The lowest BCUT2D eigenvalue weighted by Gasteiger charge is -1.93. The van der Waals surface area contributed by atoms with E-state index in [1.165, 1.54) is 7.11 Å². The highest BCUT2D eigenvalue weighted by Crippen LogP contribution is 1.95. The second-order valence-corrected chi connectivity index (χ2v) is 1.96. The second-order valence-electron chi connectivity index (χ2n) is 1.96. The summed E-state index contributed by atoms with van der Waals surface area (Å²) in [6.45, 7) is 2.00. The van der Waals surface area contributed by atoms with Crippen LogP contribution in [0.15, 0.2) is 23.5 Å². The van der Waals surface area contributed by atoms with E-state index in [1.807, 2.05) is 29.8 Å². The van der Waals surface area contributed by atoms with E-state index in [0.717, 1.165) is 5.69 Å². The lowest BCUT2D eigenvalue weighted by Crippen LogP contribution is -1.94. The third-order valence-corrected chi connectivity index (χ3v) is 1.27. The molecule has 0 aliphatic rings. The molecule has 0 fully saturated rings. The number of aryl methyl sites for hydroxylation is 1. The number of rotatable bonds is 2. The van der Waals surface area contributed by atoms with Crippen LogP contribution >= 0.6 is 0 Å². The Labute approximate surface area is 59.9 Å². The first-order valence-corrected chi connectivity index (χ1v) is 3.04. The number of hydrogen-bond acceptors (Lipinski definition) is 2. The highest BCUT2D eigenvalue weighted by Gasteiger charge is 1.87. The number of oxime groups is 1. The molecule has 3 nitrogen and oxygen atoms in total. The third-order valence-electron chi connectivity index (χ3n) is 1.27. The van der Waals surface area contributed by atoms with Gasteiger partial charge >= 0.3 is 0 Å². The maximum Gasteiger partial charge on any atom is 0.139 e. The monoisotopic (exact) mass is 138 g/mol. The minimum atomic E-state index is 1.14. The summed E-state index contributed by atoms with van der Waals surface area (Å²) in [5, 5.41) is 3.61. The maximum atomic E-state index is 4.52. The van der Waals surface area contributed by atoms with Crippen LogP contribution in [0.4, 0.5) is 0 Å². The normalized spacial score (nSPS) is 10.6. The molecule has 0 aromatic carbocycles. The van der Waals surface area contributed by atoms with Crippen molar-refractivity contribution in [1.29, 1.82) is 0 Å². The van der Waals surface area contributed by atoms with Crippen LogP contribution in [0.3, 0.4) is 0 Å². The van der Waals surface area contributed by atoms with Crippen molar-refractivity contribution in [2.45, 2.75) is 6.92 Å². The van der Waals surface area contributed by atoms with Crippen LogP contribution in [0.25, 0.3) is 0 Å². The Kier molecular flexibility index (Phi) is 2.10. The Hall–Kier alpha value is -1.25. The Morgan fingerprint density at radius 3 is 3.00 bits per heavy atom. The molecule has 0 saturated heterocycles. The van der Waals surface area contributed by atoms with E-state index >= 15 is 0 Å². The van der Waals surface area contributed by atoms with Crippen LogP contribution in [0.2, 0.25) is 0 Å². The van der Waals surface area contributed by atoms with E-state index in [-0.39, 0.29) is 0 Å². The molecule has 1 heterocycles. The zero-order valence-electron chi connectivity index (χ0n) is 6.11. The predicted molar refractivity (Wildman–Crippen MR) is 40.1 cm³/mol. The Morgan fingerprint density at radius 2 is 2.50 bits per heavy atom. The minimum absolute atomic E-state index is 1.14. The summed E-state index contributed by atoms with van der Waals surface area (Å²) < 4.78 is 1.88. The lowest BCUT2D eigenvalue weighted by atomic mass is 10.5. The molecular weight excluding hydrogens is 128 g/mol. The molecule has 1 aromatic heterocycles. The first-order chi connectivity index (χ1) is 4.84. The fourth-order valence-corrected chi connectivity index (χ4v) is 0.706. The van der Waals surface area contributed by atoms with Crippen molar-refractivity contribution >= 4 is 6.34 Å². The number of aromatic nitrogens is 1. The molecule has 0 spiro atoms. The van der Waals surface area contributed by atoms with Crippen LogP contribution in [0, 0.1) is 6.92 Å². The highest BCUT2D eigenvalue weighted by molar-refractivity contribution is 5.58. The van der Waals surface area contributed by atoms with E-state index in [9.17, 15) is 0 Å². The van der Waals surface area contributed by atoms with Crippen LogP contribution in [0.1, 0.15) is 5.69 Å². The third kappa shape index (κ3) is 1.37. The smallest absolute Gasteiger partial charge is 0.139 e. The van der Waals surface area contributed by atoms with Crippen molar-refractivity contribution in [3.8, 4) is 0 Å². The van der Waals surface area contributed by atoms with Gasteiger partial charge in [0.15, 0.2) is 0 Å². The molecule has 0 aliphatic heterocycles. The van der Waals surface area contributed by atoms with Gasteiger partial charge in [-0.1, -0.05) is 5.16 Å². The summed E-state index contributed by atoms with van der Waals surface area (Å²) >= 11 is 0. The molecule has 0 bridgehead atoms. The van der Waals surface area contributed by atoms with Gasteiger partial charge in [-0.15, -0.1) is 0 Å². The van der Waals surface area contributed by atoms with Gasteiger partial charge in [0.05, 0.1) is 0 Å². The summed E-state index contributed by atoms with van der Waals surface area (Å²) in [7, 11) is 1.52. The quantitative estimate of drug-likeness (QED) is 0.343. The fourth-order valence-electron chi connectivity index (χ4n) is 0.706. The number of hydrogen-bond donors (Lipinski definition) is 0. The minimum Gasteiger partial charge on any atom is -0.398 e. The Balaban J connectivity index is 2.74. The van der Waals surface area contributed by atoms with Crippen molar-refractivity contribution in [2.24, 2.45) is 5.16 Å². The average Bonchev–Trinajstić information content (AvgIpc) is 2.31. The molecule has 0 unspecified atom stereocenters. The van der Waals surface area contributed by atoms with Crippen molar-refractivity contribution in [3.05, 3.63) is 24.0 Å². The fraction of sp³-hybridized carbons (Fsp3) is 0.286. The summed E-state index contributed by atoms with van der Waals surface area (Å²) in [6.07, 6.45) is 3.53. The van der Waals surface area contributed by atoms with Gasteiger partial charge in [-0.2, -0.15) is 0 Å². The van der Waals surface area contributed by atoms with E-state index in [1.54, 1.807) is 6.34 Å². The molecule has 1 aromatic rings. The topological polar surface area (TPSA) is 26.5 Å². The molecule has 0 radical (unpaired) electrons. The standard InChI is InChI=1S/C7H10N2O/c1-7-4-3-5-9(7)6-8-10-2/h3-6H,1-2H3. The summed E-state index contributed by atoms with van der Waals surface area (Å²) in [4.78, 5) is 4.52. The molecule has 0 N–H and O–H groups in total. The average molecular weight is 138 g/mol. The van der Waals surface area contributed by atoms with Gasteiger partial charge in [0, 0.05) is 11.9 Å². The molecule has 3 heteroatoms. The zero-order chi connectivity index (χ0) is 7.40. The maximum absolute atomic E-state index is 4.52. The first kappa shape index (κ1) is 6.86. The van der Waals surface area contributed by atoms with Gasteiger partial charge in [-0.25, -0.2) is 0 Å². The number of nitrogens with zero attached hydrogens (tertiary/aromatic N) is 2.